The third-order valence-electron chi connectivity index (χ3n) is 3.79. The van der Waals surface area contributed by atoms with Gasteiger partial charge in [-0.1, -0.05) is 6.07 Å². The number of nitrogens with zero attached hydrogens (tertiary/aromatic N) is 3. The van der Waals surface area contributed by atoms with Gasteiger partial charge >= 0.3 is 0 Å². The molecular weight excluding hydrogens is 286 g/mol. The Balaban J connectivity index is 1.66. The predicted octanol–water partition coefficient (Wildman–Crippen LogP) is 3.36. The number of hydrogen-bond donors (Lipinski definition) is 1. The lowest BCUT2D eigenvalue weighted by atomic mass is 10.1. The number of halogens is 2. The molecule has 0 amide bonds. The van der Waals surface area contributed by atoms with Crippen LogP contribution in [0.2, 0.25) is 0 Å². The van der Waals surface area contributed by atoms with Crippen molar-refractivity contribution in [2.75, 3.05) is 23.3 Å². The molecule has 22 heavy (non-hydrogen) atoms. The molecule has 2 heterocycles. The average Bonchev–Trinajstić information content (AvgIpc) is 2.57. The van der Waals surface area contributed by atoms with E-state index in [2.05, 4.69) is 20.2 Å². The van der Waals surface area contributed by atoms with Gasteiger partial charge in [0.2, 0.25) is 0 Å². The van der Waals surface area contributed by atoms with Gasteiger partial charge in [0.1, 0.15) is 18.0 Å². The lowest BCUT2D eigenvalue weighted by molar-refractivity contribution is 0.507. The molecule has 1 aliphatic rings. The zero-order valence-corrected chi connectivity index (χ0v) is 12.2. The fourth-order valence-corrected chi connectivity index (χ4v) is 2.58. The summed E-state index contributed by atoms with van der Waals surface area (Å²) in [5.41, 5.74) is 0.664. The second kappa shape index (κ2) is 6.68. The van der Waals surface area contributed by atoms with Crippen LogP contribution in [0, 0.1) is 11.6 Å². The predicted molar refractivity (Wildman–Crippen MR) is 81.8 cm³/mol. The number of aromatic nitrogens is 2. The Bertz CT molecular complexity index is 642. The van der Waals surface area contributed by atoms with Crippen molar-refractivity contribution in [2.24, 2.45) is 0 Å². The van der Waals surface area contributed by atoms with Gasteiger partial charge in [0.05, 0.1) is 0 Å². The Kier molecular flexibility index (Phi) is 4.46. The molecule has 1 N–H and O–H groups in total. The minimum atomic E-state index is -0.837. The molecule has 0 spiro atoms. The van der Waals surface area contributed by atoms with Crippen LogP contribution in [-0.4, -0.2) is 23.1 Å². The standard InChI is InChI=1S/C16H18F2N4/c17-13-5-4-12(8-14(13)18)10-19-15-9-16(21-11-20-15)22-6-2-1-3-7-22/h4-5,8-9,11H,1-3,6-7,10H2,(H,19,20,21). The van der Waals surface area contributed by atoms with Crippen LogP contribution in [0.5, 0.6) is 0 Å². The smallest absolute Gasteiger partial charge is 0.159 e. The van der Waals surface area contributed by atoms with Crippen molar-refractivity contribution < 1.29 is 8.78 Å². The first-order valence-corrected chi connectivity index (χ1v) is 7.47. The van der Waals surface area contributed by atoms with E-state index < -0.39 is 11.6 Å². The number of rotatable bonds is 4. The highest BCUT2D eigenvalue weighted by molar-refractivity contribution is 5.48. The fourth-order valence-electron chi connectivity index (χ4n) is 2.58. The second-order valence-corrected chi connectivity index (χ2v) is 5.41. The molecule has 4 nitrogen and oxygen atoms in total. The molecule has 0 bridgehead atoms. The molecule has 1 fully saturated rings. The molecule has 0 aliphatic carbocycles. The maximum Gasteiger partial charge on any atom is 0.159 e. The maximum absolute atomic E-state index is 13.2. The van der Waals surface area contributed by atoms with Gasteiger partial charge in [0, 0.05) is 25.7 Å². The largest absolute Gasteiger partial charge is 0.366 e. The zero-order valence-electron chi connectivity index (χ0n) is 12.2. The van der Waals surface area contributed by atoms with Gasteiger partial charge in [-0.05, 0) is 37.0 Å². The van der Waals surface area contributed by atoms with E-state index in [1.165, 1.54) is 31.7 Å². The Labute approximate surface area is 128 Å². The van der Waals surface area contributed by atoms with Gasteiger partial charge < -0.3 is 10.2 Å². The Morgan fingerprint density at radius 2 is 1.82 bits per heavy atom. The van der Waals surface area contributed by atoms with Crippen molar-refractivity contribution in [3.8, 4) is 0 Å². The monoisotopic (exact) mass is 304 g/mol. The van der Waals surface area contributed by atoms with Crippen LogP contribution in [0.25, 0.3) is 0 Å². The number of anilines is 2. The molecule has 0 atom stereocenters. The molecular formula is C16H18F2N4. The van der Waals surface area contributed by atoms with E-state index >= 15 is 0 Å². The maximum atomic E-state index is 13.2. The average molecular weight is 304 g/mol. The highest BCUT2D eigenvalue weighted by Gasteiger charge is 2.12. The molecule has 116 valence electrons. The van der Waals surface area contributed by atoms with Crippen molar-refractivity contribution in [2.45, 2.75) is 25.8 Å². The van der Waals surface area contributed by atoms with E-state index in [9.17, 15) is 8.78 Å². The summed E-state index contributed by atoms with van der Waals surface area (Å²) >= 11 is 0. The molecule has 1 aliphatic heterocycles. The zero-order chi connectivity index (χ0) is 15.4. The van der Waals surface area contributed by atoms with Crippen molar-refractivity contribution >= 4 is 11.6 Å². The Hall–Kier alpha value is -2.24. The van der Waals surface area contributed by atoms with Gasteiger partial charge in [-0.15, -0.1) is 0 Å². The first-order valence-electron chi connectivity index (χ1n) is 7.47. The van der Waals surface area contributed by atoms with E-state index in [-0.39, 0.29) is 0 Å². The summed E-state index contributed by atoms with van der Waals surface area (Å²) < 4.78 is 26.1. The SMILES string of the molecule is Fc1ccc(CNc2cc(N3CCCCC3)ncn2)cc1F. The molecule has 3 rings (SSSR count). The van der Waals surface area contributed by atoms with E-state index in [1.54, 1.807) is 6.07 Å². The molecule has 0 saturated carbocycles. The fraction of sp³-hybridized carbons (Fsp3) is 0.375. The lowest BCUT2D eigenvalue weighted by Crippen LogP contribution is -2.30. The second-order valence-electron chi connectivity index (χ2n) is 5.41. The van der Waals surface area contributed by atoms with Gasteiger partial charge in [-0.2, -0.15) is 0 Å². The first kappa shape index (κ1) is 14.7. The highest BCUT2D eigenvalue weighted by Crippen LogP contribution is 2.19. The number of piperidine rings is 1. The molecule has 1 aromatic heterocycles. The summed E-state index contributed by atoms with van der Waals surface area (Å²) in [6, 6.07) is 5.77. The number of nitrogens with one attached hydrogen (secondary N) is 1. The van der Waals surface area contributed by atoms with Crippen LogP contribution in [0.4, 0.5) is 20.4 Å². The van der Waals surface area contributed by atoms with Crippen LogP contribution >= 0.6 is 0 Å². The van der Waals surface area contributed by atoms with E-state index in [4.69, 9.17) is 0 Å². The number of benzene rings is 1. The van der Waals surface area contributed by atoms with Gasteiger partial charge in [0.25, 0.3) is 0 Å². The van der Waals surface area contributed by atoms with Crippen LogP contribution in [0.1, 0.15) is 24.8 Å². The molecule has 2 aromatic rings. The number of hydrogen-bond acceptors (Lipinski definition) is 4. The van der Waals surface area contributed by atoms with Crippen LogP contribution < -0.4 is 10.2 Å². The van der Waals surface area contributed by atoms with Crippen molar-refractivity contribution in [1.82, 2.24) is 9.97 Å². The summed E-state index contributed by atoms with van der Waals surface area (Å²) in [6.07, 6.45) is 5.16. The molecule has 0 radical (unpaired) electrons. The summed E-state index contributed by atoms with van der Waals surface area (Å²) in [6.45, 7) is 2.41. The third-order valence-corrected chi connectivity index (χ3v) is 3.79. The van der Waals surface area contributed by atoms with Crippen LogP contribution in [0.15, 0.2) is 30.6 Å². The van der Waals surface area contributed by atoms with Crippen molar-refractivity contribution in [1.29, 1.82) is 0 Å². The minimum Gasteiger partial charge on any atom is -0.366 e. The molecule has 6 heteroatoms. The molecule has 1 saturated heterocycles. The van der Waals surface area contributed by atoms with Gasteiger partial charge in [-0.25, -0.2) is 18.7 Å². The summed E-state index contributed by atoms with van der Waals surface area (Å²) in [4.78, 5) is 10.7. The third kappa shape index (κ3) is 3.50. The summed E-state index contributed by atoms with van der Waals surface area (Å²) in [7, 11) is 0. The van der Waals surface area contributed by atoms with E-state index in [0.717, 1.165) is 25.0 Å². The van der Waals surface area contributed by atoms with Crippen LogP contribution in [-0.2, 0) is 6.54 Å². The van der Waals surface area contributed by atoms with Crippen molar-refractivity contribution in [3.63, 3.8) is 0 Å². The van der Waals surface area contributed by atoms with Gasteiger partial charge in [-0.3, -0.25) is 0 Å². The molecule has 0 unspecified atom stereocenters. The van der Waals surface area contributed by atoms with Crippen LogP contribution in [0.3, 0.4) is 0 Å². The lowest BCUT2D eigenvalue weighted by Gasteiger charge is -2.27. The minimum absolute atomic E-state index is 0.383. The highest BCUT2D eigenvalue weighted by atomic mass is 19.2. The molecule has 1 aromatic carbocycles. The normalized spacial score (nSPS) is 14.9. The first-order chi connectivity index (χ1) is 10.7. The Morgan fingerprint density at radius 3 is 2.59 bits per heavy atom. The Morgan fingerprint density at radius 1 is 1.00 bits per heavy atom. The quantitative estimate of drug-likeness (QED) is 0.940. The summed E-state index contributed by atoms with van der Waals surface area (Å²) in [5, 5.41) is 3.12. The van der Waals surface area contributed by atoms with E-state index in [0.29, 0.717) is 17.9 Å². The van der Waals surface area contributed by atoms with E-state index in [1.807, 2.05) is 6.07 Å². The van der Waals surface area contributed by atoms with Crippen molar-refractivity contribution in [3.05, 3.63) is 47.8 Å². The topological polar surface area (TPSA) is 41.0 Å². The van der Waals surface area contributed by atoms with Gasteiger partial charge in [0.15, 0.2) is 11.6 Å². The summed E-state index contributed by atoms with van der Waals surface area (Å²) in [5.74, 6) is -0.0862.